The molecule has 0 saturated carbocycles. The zero-order valence-electron chi connectivity index (χ0n) is 12.9. The van der Waals surface area contributed by atoms with Crippen molar-refractivity contribution in [2.45, 2.75) is 19.9 Å². The number of ether oxygens (including phenoxy) is 2. The third-order valence-corrected chi connectivity index (χ3v) is 3.66. The Morgan fingerprint density at radius 1 is 0.952 bits per heavy atom. The summed E-state index contributed by atoms with van der Waals surface area (Å²) in [5.74, 6) is 7.38. The molecule has 0 aliphatic carbocycles. The van der Waals surface area contributed by atoms with Crippen molar-refractivity contribution in [1.82, 2.24) is 5.43 Å². The highest BCUT2D eigenvalue weighted by Gasteiger charge is 2.19. The standard InChI is InChI=1S/C17H22N2O2/c1-11-5-6-12(2)14(9-11)17(19-18)15-10-13(20-3)7-8-16(15)21-4/h5-10,17,19H,18H2,1-4H3. The van der Waals surface area contributed by atoms with Gasteiger partial charge in [0.15, 0.2) is 0 Å². The molecule has 2 aromatic rings. The van der Waals surface area contributed by atoms with Crippen molar-refractivity contribution in [3.05, 3.63) is 58.7 Å². The lowest BCUT2D eigenvalue weighted by Crippen LogP contribution is -2.29. The van der Waals surface area contributed by atoms with Crippen LogP contribution in [0.3, 0.4) is 0 Å². The Morgan fingerprint density at radius 3 is 2.33 bits per heavy atom. The van der Waals surface area contributed by atoms with E-state index < -0.39 is 0 Å². The van der Waals surface area contributed by atoms with Gasteiger partial charge in [-0.05, 0) is 43.2 Å². The molecule has 4 nitrogen and oxygen atoms in total. The van der Waals surface area contributed by atoms with Crippen LogP contribution in [0.5, 0.6) is 11.5 Å². The summed E-state index contributed by atoms with van der Waals surface area (Å²) in [5.41, 5.74) is 7.34. The van der Waals surface area contributed by atoms with Gasteiger partial charge in [-0.2, -0.15) is 0 Å². The predicted octanol–water partition coefficient (Wildman–Crippen LogP) is 2.87. The van der Waals surface area contributed by atoms with E-state index in [1.54, 1.807) is 14.2 Å². The van der Waals surface area contributed by atoms with Crippen molar-refractivity contribution in [2.75, 3.05) is 14.2 Å². The first kappa shape index (κ1) is 15.4. The van der Waals surface area contributed by atoms with E-state index in [0.29, 0.717) is 0 Å². The summed E-state index contributed by atoms with van der Waals surface area (Å²) in [4.78, 5) is 0. The quantitative estimate of drug-likeness (QED) is 0.655. The largest absolute Gasteiger partial charge is 0.497 e. The molecule has 0 saturated heterocycles. The maximum absolute atomic E-state index is 5.82. The summed E-state index contributed by atoms with van der Waals surface area (Å²) in [6.07, 6.45) is 0. The lowest BCUT2D eigenvalue weighted by molar-refractivity contribution is 0.394. The van der Waals surface area contributed by atoms with Crippen LogP contribution in [0.1, 0.15) is 28.3 Å². The number of benzene rings is 2. The van der Waals surface area contributed by atoms with Crippen LogP contribution in [-0.4, -0.2) is 14.2 Å². The Kier molecular flexibility index (Phi) is 4.83. The summed E-state index contributed by atoms with van der Waals surface area (Å²) < 4.78 is 10.8. The van der Waals surface area contributed by atoms with Crippen LogP contribution >= 0.6 is 0 Å². The number of hydrogen-bond donors (Lipinski definition) is 2. The minimum atomic E-state index is -0.157. The van der Waals surface area contributed by atoms with Crippen LogP contribution < -0.4 is 20.7 Å². The van der Waals surface area contributed by atoms with Crippen LogP contribution in [-0.2, 0) is 0 Å². The Bertz CT molecular complexity index is 626. The van der Waals surface area contributed by atoms with E-state index >= 15 is 0 Å². The monoisotopic (exact) mass is 286 g/mol. The number of nitrogens with one attached hydrogen (secondary N) is 1. The fraction of sp³-hybridized carbons (Fsp3) is 0.294. The minimum Gasteiger partial charge on any atom is -0.497 e. The van der Waals surface area contributed by atoms with Crippen molar-refractivity contribution in [1.29, 1.82) is 0 Å². The molecule has 112 valence electrons. The average Bonchev–Trinajstić information content (AvgIpc) is 2.51. The van der Waals surface area contributed by atoms with Gasteiger partial charge in [-0.3, -0.25) is 5.84 Å². The van der Waals surface area contributed by atoms with Gasteiger partial charge in [0, 0.05) is 5.56 Å². The Hall–Kier alpha value is -2.04. The molecular weight excluding hydrogens is 264 g/mol. The smallest absolute Gasteiger partial charge is 0.124 e. The molecule has 1 unspecified atom stereocenters. The molecule has 21 heavy (non-hydrogen) atoms. The van der Waals surface area contributed by atoms with E-state index in [1.165, 1.54) is 11.1 Å². The van der Waals surface area contributed by atoms with Crippen LogP contribution in [0.4, 0.5) is 0 Å². The number of aryl methyl sites for hydroxylation is 2. The summed E-state index contributed by atoms with van der Waals surface area (Å²) in [6.45, 7) is 4.14. The fourth-order valence-electron chi connectivity index (χ4n) is 2.48. The zero-order chi connectivity index (χ0) is 15.4. The van der Waals surface area contributed by atoms with E-state index in [4.69, 9.17) is 15.3 Å². The Balaban J connectivity index is 2.57. The first-order valence-corrected chi connectivity index (χ1v) is 6.86. The van der Waals surface area contributed by atoms with Crippen LogP contribution in [0.15, 0.2) is 36.4 Å². The summed E-state index contributed by atoms with van der Waals surface area (Å²) in [6, 6.07) is 11.9. The molecule has 0 spiro atoms. The lowest BCUT2D eigenvalue weighted by atomic mass is 9.93. The molecule has 1 atom stereocenters. The molecule has 0 radical (unpaired) electrons. The van der Waals surface area contributed by atoms with Crippen LogP contribution in [0, 0.1) is 13.8 Å². The third kappa shape index (κ3) is 3.17. The number of methoxy groups -OCH3 is 2. The average molecular weight is 286 g/mol. The molecule has 0 bridgehead atoms. The van der Waals surface area contributed by atoms with Gasteiger partial charge >= 0.3 is 0 Å². The molecule has 3 N–H and O–H groups in total. The first-order valence-electron chi connectivity index (χ1n) is 6.86. The molecule has 0 aliphatic rings. The van der Waals surface area contributed by atoms with Gasteiger partial charge in [-0.1, -0.05) is 23.8 Å². The van der Waals surface area contributed by atoms with Crippen molar-refractivity contribution in [2.24, 2.45) is 5.84 Å². The summed E-state index contributed by atoms with van der Waals surface area (Å²) in [5, 5.41) is 0. The normalized spacial score (nSPS) is 12.0. The van der Waals surface area contributed by atoms with E-state index in [0.717, 1.165) is 22.6 Å². The second kappa shape index (κ2) is 6.61. The number of hydrazine groups is 1. The topological polar surface area (TPSA) is 56.5 Å². The molecule has 0 aromatic heterocycles. The van der Waals surface area contributed by atoms with Gasteiger partial charge in [0.1, 0.15) is 11.5 Å². The zero-order valence-corrected chi connectivity index (χ0v) is 12.9. The van der Waals surface area contributed by atoms with Gasteiger partial charge < -0.3 is 9.47 Å². The van der Waals surface area contributed by atoms with E-state index in [9.17, 15) is 0 Å². The van der Waals surface area contributed by atoms with E-state index in [1.807, 2.05) is 18.2 Å². The van der Waals surface area contributed by atoms with Crippen LogP contribution in [0.2, 0.25) is 0 Å². The number of hydrogen-bond acceptors (Lipinski definition) is 4. The second-order valence-corrected chi connectivity index (χ2v) is 5.07. The van der Waals surface area contributed by atoms with Crippen LogP contribution in [0.25, 0.3) is 0 Å². The first-order chi connectivity index (χ1) is 10.1. The molecule has 4 heteroatoms. The molecule has 0 heterocycles. The van der Waals surface area contributed by atoms with E-state index in [-0.39, 0.29) is 6.04 Å². The Morgan fingerprint density at radius 2 is 1.71 bits per heavy atom. The highest BCUT2D eigenvalue weighted by atomic mass is 16.5. The summed E-state index contributed by atoms with van der Waals surface area (Å²) >= 11 is 0. The van der Waals surface area contributed by atoms with E-state index in [2.05, 4.69) is 37.5 Å². The highest BCUT2D eigenvalue weighted by molar-refractivity contribution is 5.48. The highest BCUT2D eigenvalue weighted by Crippen LogP contribution is 2.34. The van der Waals surface area contributed by atoms with Crippen molar-refractivity contribution >= 4 is 0 Å². The minimum absolute atomic E-state index is 0.157. The van der Waals surface area contributed by atoms with Gasteiger partial charge in [0.05, 0.1) is 20.3 Å². The molecular formula is C17H22N2O2. The maximum Gasteiger partial charge on any atom is 0.124 e. The molecule has 0 amide bonds. The third-order valence-electron chi connectivity index (χ3n) is 3.66. The SMILES string of the molecule is COc1ccc(OC)c(C(NN)c2cc(C)ccc2C)c1. The fourth-order valence-corrected chi connectivity index (χ4v) is 2.48. The lowest BCUT2D eigenvalue weighted by Gasteiger charge is -2.22. The van der Waals surface area contributed by atoms with Gasteiger partial charge in [0.2, 0.25) is 0 Å². The van der Waals surface area contributed by atoms with Gasteiger partial charge in [0.25, 0.3) is 0 Å². The number of nitrogens with two attached hydrogens (primary N) is 1. The second-order valence-electron chi connectivity index (χ2n) is 5.07. The molecule has 2 aromatic carbocycles. The van der Waals surface area contributed by atoms with Crippen molar-refractivity contribution < 1.29 is 9.47 Å². The van der Waals surface area contributed by atoms with Gasteiger partial charge in [-0.25, -0.2) is 5.43 Å². The number of rotatable bonds is 5. The maximum atomic E-state index is 5.82. The van der Waals surface area contributed by atoms with Crippen molar-refractivity contribution in [3.63, 3.8) is 0 Å². The van der Waals surface area contributed by atoms with Crippen molar-refractivity contribution in [3.8, 4) is 11.5 Å². The molecule has 0 aliphatic heterocycles. The van der Waals surface area contributed by atoms with Gasteiger partial charge in [-0.15, -0.1) is 0 Å². The predicted molar refractivity (Wildman–Crippen MR) is 84.6 cm³/mol. The molecule has 0 fully saturated rings. The summed E-state index contributed by atoms with van der Waals surface area (Å²) in [7, 11) is 3.30. The Labute approximate surface area is 125 Å². The molecule has 2 rings (SSSR count).